The molecule has 8 heteroatoms. The number of hydrogen-bond acceptors (Lipinski definition) is 3. The zero-order valence-electron chi connectivity index (χ0n) is 28.9. The Labute approximate surface area is 275 Å². The molecule has 1 aliphatic rings. The molecule has 3 aromatic heterocycles. The van der Waals surface area contributed by atoms with E-state index in [0.717, 1.165) is 17.1 Å². The Morgan fingerprint density at radius 3 is 0.860 bits per heavy atom. The zero-order chi connectivity index (χ0) is 31.1. The molecule has 0 bridgehead atoms. The van der Waals surface area contributed by atoms with Crippen LogP contribution in [0.15, 0.2) is 42.5 Å². The molecule has 0 fully saturated rings. The molecule has 0 amide bonds. The van der Waals surface area contributed by atoms with E-state index in [1.54, 1.807) is 0 Å². The van der Waals surface area contributed by atoms with E-state index in [1.165, 1.54) is 42.8 Å². The molecule has 0 saturated carbocycles. The van der Waals surface area contributed by atoms with Gasteiger partial charge in [0.25, 0.3) is 7.12 Å². The van der Waals surface area contributed by atoms with E-state index in [9.17, 15) is 0 Å². The van der Waals surface area contributed by atoms with Crippen LogP contribution in [0.3, 0.4) is 0 Å². The van der Waals surface area contributed by atoms with E-state index >= 15 is 0 Å². The molecule has 0 unspecified atom stereocenters. The molecule has 240 valence electrons. The van der Waals surface area contributed by atoms with Gasteiger partial charge in [-0.2, -0.15) is 0 Å². The van der Waals surface area contributed by atoms with Gasteiger partial charge in [-0.3, -0.25) is 0 Å². The molecule has 0 spiro atoms. The van der Waals surface area contributed by atoms with E-state index in [4.69, 9.17) is 15.3 Å². The van der Waals surface area contributed by atoms with Crippen LogP contribution in [0, 0.1) is 0 Å². The quantitative estimate of drug-likeness (QED) is 0.168. The van der Waals surface area contributed by atoms with E-state index in [-0.39, 0.29) is 26.6 Å². The molecular weight excluding hydrogens is 618 g/mol. The van der Waals surface area contributed by atoms with Gasteiger partial charge in [0.1, 0.15) is 0 Å². The third kappa shape index (κ3) is 9.39. The Morgan fingerprint density at radius 2 is 0.674 bits per heavy atom. The number of nitrogens with zero attached hydrogens (tertiary/aromatic N) is 6. The van der Waals surface area contributed by atoms with Crippen molar-refractivity contribution in [1.29, 1.82) is 0 Å². The predicted octanol–water partition coefficient (Wildman–Crippen LogP) is 9.62. The summed E-state index contributed by atoms with van der Waals surface area (Å²) in [5, 5.41) is 15.6. The molecule has 0 aromatic carbocycles. The van der Waals surface area contributed by atoms with Crippen LogP contribution < -0.4 is 0 Å². The third-order valence-corrected chi connectivity index (χ3v) is 7.89. The summed E-state index contributed by atoms with van der Waals surface area (Å²) in [4.78, 5) is 0. The van der Waals surface area contributed by atoms with Crippen molar-refractivity contribution >= 4 is 7.12 Å². The topological polar surface area (TPSA) is 53.5 Å². The Kier molecular flexibility index (Phi) is 14.4. The summed E-state index contributed by atoms with van der Waals surface area (Å²) in [5.41, 5.74) is 6.96. The summed E-state index contributed by atoms with van der Waals surface area (Å²) in [6, 6.07) is 6.81. The number of hydrogen-bond donors (Lipinski definition) is 0. The van der Waals surface area contributed by atoms with Gasteiger partial charge in [-0.25, -0.2) is 15.3 Å². The van der Waals surface area contributed by atoms with E-state index < -0.39 is 0 Å². The minimum atomic E-state index is -0.292. The predicted molar refractivity (Wildman–Crippen MR) is 180 cm³/mol. The van der Waals surface area contributed by atoms with Crippen LogP contribution >= 0.6 is 0 Å². The van der Waals surface area contributed by atoms with Crippen LogP contribution in [0.4, 0.5) is 0 Å². The van der Waals surface area contributed by atoms with Crippen LogP contribution in [-0.2, 0) is 19.5 Å². The monoisotopic (exact) mass is 675 g/mol. The summed E-state index contributed by atoms with van der Waals surface area (Å²) < 4.78 is 6.56. The number of rotatable bonds is 9. The van der Waals surface area contributed by atoms with Gasteiger partial charge < -0.3 is 13.8 Å². The molecule has 2 radical (unpaired) electrons. The minimum absolute atomic E-state index is 0. The first-order chi connectivity index (χ1) is 19.8. The number of allylic oxidation sites excluding steroid dienone is 4. The molecule has 1 aliphatic carbocycles. The van der Waals surface area contributed by atoms with Crippen molar-refractivity contribution in [3.8, 4) is 0 Å². The molecule has 43 heavy (non-hydrogen) atoms. The van der Waals surface area contributed by atoms with Crippen molar-refractivity contribution in [2.24, 2.45) is 0 Å². The van der Waals surface area contributed by atoms with Crippen molar-refractivity contribution in [3.63, 3.8) is 0 Å². The summed E-state index contributed by atoms with van der Waals surface area (Å²) in [6.07, 6.45) is 14.0. The summed E-state index contributed by atoms with van der Waals surface area (Å²) in [7, 11) is -0.292. The van der Waals surface area contributed by atoms with Gasteiger partial charge in [-0.05, 0) is 96.5 Å². The van der Waals surface area contributed by atoms with E-state index in [1.807, 2.05) is 0 Å². The second-order valence-electron chi connectivity index (χ2n) is 13.7. The largest absolute Gasteiger partial charge is 0.422 e. The molecule has 0 aliphatic heterocycles. The maximum atomic E-state index is 5.19. The molecule has 0 saturated heterocycles. The van der Waals surface area contributed by atoms with Gasteiger partial charge in [0.15, 0.2) is 0 Å². The standard InChI is InChI=1S/C27H45BN6.C8H12.Rh/c1-16(2)22-13-25(19(7)8)32(29-22)28(33-26(20(9)10)14-23(30-33)17(3)4)34-27(21(11)12)15-24(31-34)18(5)6;1-2-4-6-8-7-5-3-1;/h13-21H,1-12H3;1-2,7-8H,3-6H2;/q-1;;/b;2-1-,8-7-;. The van der Waals surface area contributed by atoms with Gasteiger partial charge in [0, 0.05) is 19.5 Å². The Bertz CT molecular complexity index is 1160. The first kappa shape index (κ1) is 37.0. The molecule has 4 rings (SSSR count). The number of aromatic nitrogens is 6. The SMILES string of the molecule is C1=C\CC/C=C\CC/1.CC(C)c1cc(C(C)C)n([B-](n2nc(C(C)C)cc2C(C)C)n2nc(C(C)C)cc2C(C)C)n1.[Rh]. The first-order valence-corrected chi connectivity index (χ1v) is 16.4. The minimum Gasteiger partial charge on any atom is -0.422 e. The Balaban J connectivity index is 0.000000620. The van der Waals surface area contributed by atoms with Crippen molar-refractivity contribution in [2.45, 2.75) is 144 Å². The first-order valence-electron chi connectivity index (χ1n) is 16.4. The van der Waals surface area contributed by atoms with Crippen molar-refractivity contribution < 1.29 is 19.5 Å². The van der Waals surface area contributed by atoms with Crippen LogP contribution in [0.2, 0.25) is 0 Å². The second-order valence-corrected chi connectivity index (χ2v) is 13.7. The van der Waals surface area contributed by atoms with Gasteiger partial charge in [-0.15, -0.1) is 0 Å². The Hall–Kier alpha value is -2.20. The normalized spacial score (nSPS) is 15.3. The second kappa shape index (κ2) is 16.8. The van der Waals surface area contributed by atoms with Gasteiger partial charge >= 0.3 is 0 Å². The molecular formula is C35H57BN6Rh-. The maximum Gasteiger partial charge on any atom is 0.261 e. The average molecular weight is 676 g/mol. The van der Waals surface area contributed by atoms with Gasteiger partial charge in [0.2, 0.25) is 0 Å². The van der Waals surface area contributed by atoms with Crippen molar-refractivity contribution in [1.82, 2.24) is 29.1 Å². The maximum absolute atomic E-state index is 5.19. The summed E-state index contributed by atoms with van der Waals surface area (Å²) >= 11 is 0. The summed E-state index contributed by atoms with van der Waals surface area (Å²) in [5.74, 6) is 2.02. The molecule has 0 N–H and O–H groups in total. The van der Waals surface area contributed by atoms with Crippen LogP contribution in [0.25, 0.3) is 0 Å². The van der Waals surface area contributed by atoms with Crippen molar-refractivity contribution in [2.75, 3.05) is 0 Å². The van der Waals surface area contributed by atoms with Crippen LogP contribution in [-0.4, -0.2) is 36.2 Å². The van der Waals surface area contributed by atoms with Gasteiger partial charge in [0.05, 0.1) is 17.1 Å². The van der Waals surface area contributed by atoms with E-state index in [0.29, 0.717) is 35.5 Å². The fourth-order valence-electron chi connectivity index (χ4n) is 5.15. The van der Waals surface area contributed by atoms with Gasteiger partial charge in [-0.1, -0.05) is 107 Å². The molecule has 0 atom stereocenters. The van der Waals surface area contributed by atoms with Crippen molar-refractivity contribution in [3.05, 3.63) is 76.7 Å². The van der Waals surface area contributed by atoms with E-state index in [2.05, 4.69) is 139 Å². The summed E-state index contributed by atoms with van der Waals surface area (Å²) in [6.45, 7) is 26.7. The average Bonchev–Trinajstić information content (AvgIpc) is 3.62. The smallest absolute Gasteiger partial charge is 0.261 e. The zero-order valence-corrected chi connectivity index (χ0v) is 30.6. The van der Waals surface area contributed by atoms with Crippen LogP contribution in [0.5, 0.6) is 0 Å². The molecule has 6 nitrogen and oxygen atoms in total. The Morgan fingerprint density at radius 1 is 0.442 bits per heavy atom. The third-order valence-electron chi connectivity index (χ3n) is 7.89. The molecule has 3 heterocycles. The fraction of sp³-hybridized carbons (Fsp3) is 0.629. The molecule has 3 aromatic rings. The fourth-order valence-corrected chi connectivity index (χ4v) is 5.15. The van der Waals surface area contributed by atoms with Crippen LogP contribution in [0.1, 0.15) is 178 Å².